The van der Waals surface area contributed by atoms with E-state index in [0.29, 0.717) is 11.5 Å². The minimum absolute atomic E-state index is 0.0522. The molecule has 0 saturated heterocycles. The lowest BCUT2D eigenvalue weighted by Gasteiger charge is -2.10. The van der Waals surface area contributed by atoms with E-state index in [9.17, 15) is 13.2 Å². The number of thiophene rings is 1. The third-order valence-electron chi connectivity index (χ3n) is 4.92. The van der Waals surface area contributed by atoms with Gasteiger partial charge < -0.3 is 5.32 Å². The van der Waals surface area contributed by atoms with Crippen molar-refractivity contribution in [2.45, 2.75) is 32.2 Å². The minimum atomic E-state index is -3.90. The topological polar surface area (TPSA) is 106 Å². The second kappa shape index (κ2) is 9.16. The SMILES string of the molecule is Cc1ccc(NS(=O)(=O)c2ccsc2C(=O)NCc2ccc(-n3nc(C)cc3C)nc2)cc1. The zero-order valence-corrected chi connectivity index (χ0v) is 20.0. The van der Waals surface area contributed by atoms with Crippen molar-refractivity contribution in [3.8, 4) is 5.82 Å². The third-order valence-corrected chi connectivity index (χ3v) is 7.38. The van der Waals surface area contributed by atoms with E-state index in [4.69, 9.17) is 0 Å². The lowest BCUT2D eigenvalue weighted by Crippen LogP contribution is -2.24. The quantitative estimate of drug-likeness (QED) is 0.415. The number of hydrogen-bond donors (Lipinski definition) is 2. The molecule has 8 nitrogen and oxygen atoms in total. The fourth-order valence-corrected chi connectivity index (χ4v) is 5.68. The van der Waals surface area contributed by atoms with Crippen LogP contribution < -0.4 is 10.0 Å². The van der Waals surface area contributed by atoms with Crippen LogP contribution in [0.1, 0.15) is 32.2 Å². The van der Waals surface area contributed by atoms with Crippen molar-refractivity contribution < 1.29 is 13.2 Å². The van der Waals surface area contributed by atoms with Crippen LogP contribution in [0.25, 0.3) is 5.82 Å². The first-order valence-corrected chi connectivity index (χ1v) is 12.5. The average molecular weight is 482 g/mol. The normalized spacial score (nSPS) is 11.4. The maximum Gasteiger partial charge on any atom is 0.263 e. The van der Waals surface area contributed by atoms with Crippen molar-refractivity contribution in [1.29, 1.82) is 0 Å². The number of carbonyl (C=O) groups is 1. The number of anilines is 1. The molecular weight excluding hydrogens is 458 g/mol. The number of carbonyl (C=O) groups excluding carboxylic acids is 1. The average Bonchev–Trinajstić information content (AvgIpc) is 3.41. The summed E-state index contributed by atoms with van der Waals surface area (Å²) in [5.74, 6) is 0.224. The molecule has 2 N–H and O–H groups in total. The van der Waals surface area contributed by atoms with E-state index < -0.39 is 15.9 Å². The molecular formula is C23H23N5O3S2. The molecule has 170 valence electrons. The standard InChI is InChI=1S/C23H23N5O3S2/c1-15-4-7-19(8-5-15)27-33(30,31)20-10-11-32-22(20)23(29)25-14-18-6-9-21(24-13-18)28-17(3)12-16(2)26-28/h4-13,27H,14H2,1-3H3,(H,25,29). The monoisotopic (exact) mass is 481 g/mol. The first-order chi connectivity index (χ1) is 15.7. The summed E-state index contributed by atoms with van der Waals surface area (Å²) in [5.41, 5.74) is 4.13. The molecule has 0 aliphatic rings. The second-order valence-corrected chi connectivity index (χ2v) is 10.2. The summed E-state index contributed by atoms with van der Waals surface area (Å²) in [6.07, 6.45) is 1.66. The van der Waals surface area contributed by atoms with Gasteiger partial charge in [0, 0.05) is 24.1 Å². The smallest absolute Gasteiger partial charge is 0.263 e. The van der Waals surface area contributed by atoms with Crippen LogP contribution in [0, 0.1) is 20.8 Å². The van der Waals surface area contributed by atoms with E-state index in [-0.39, 0.29) is 16.3 Å². The van der Waals surface area contributed by atoms with E-state index in [0.717, 1.165) is 33.9 Å². The molecule has 10 heteroatoms. The third kappa shape index (κ3) is 5.12. The first-order valence-electron chi connectivity index (χ1n) is 10.2. The maximum atomic E-state index is 12.8. The van der Waals surface area contributed by atoms with E-state index in [2.05, 4.69) is 20.1 Å². The largest absolute Gasteiger partial charge is 0.347 e. The van der Waals surface area contributed by atoms with Gasteiger partial charge in [-0.05, 0) is 62.0 Å². The lowest BCUT2D eigenvalue weighted by atomic mass is 10.2. The molecule has 33 heavy (non-hydrogen) atoms. The van der Waals surface area contributed by atoms with Gasteiger partial charge in [0.25, 0.3) is 15.9 Å². The van der Waals surface area contributed by atoms with Gasteiger partial charge in [0.2, 0.25) is 0 Å². The molecule has 4 aromatic rings. The zero-order chi connectivity index (χ0) is 23.6. The Morgan fingerprint density at radius 1 is 1.06 bits per heavy atom. The van der Waals surface area contributed by atoms with Gasteiger partial charge in [-0.25, -0.2) is 18.1 Å². The Morgan fingerprint density at radius 3 is 2.45 bits per heavy atom. The molecule has 4 rings (SSSR count). The second-order valence-electron chi connectivity index (χ2n) is 7.63. The number of aromatic nitrogens is 3. The number of amides is 1. The summed E-state index contributed by atoms with van der Waals surface area (Å²) in [6.45, 7) is 6.01. The summed E-state index contributed by atoms with van der Waals surface area (Å²) in [4.78, 5) is 17.2. The van der Waals surface area contributed by atoms with Crippen LogP contribution in [-0.2, 0) is 16.6 Å². The molecule has 0 unspecified atom stereocenters. The molecule has 3 heterocycles. The number of rotatable bonds is 7. The highest BCUT2D eigenvalue weighted by Crippen LogP contribution is 2.25. The Kier molecular flexibility index (Phi) is 6.30. The fraction of sp³-hybridized carbons (Fsp3) is 0.174. The van der Waals surface area contributed by atoms with Crippen molar-refractivity contribution in [2.75, 3.05) is 4.72 Å². The van der Waals surface area contributed by atoms with Crippen LogP contribution >= 0.6 is 11.3 Å². The Balaban J connectivity index is 1.44. The summed E-state index contributed by atoms with van der Waals surface area (Å²) >= 11 is 1.08. The molecule has 1 aromatic carbocycles. The Labute approximate surface area is 196 Å². The van der Waals surface area contributed by atoms with Crippen LogP contribution in [-0.4, -0.2) is 29.1 Å². The predicted molar refractivity (Wildman–Crippen MR) is 128 cm³/mol. The van der Waals surface area contributed by atoms with Crippen LogP contribution in [0.5, 0.6) is 0 Å². The Bertz CT molecular complexity index is 1390. The van der Waals surface area contributed by atoms with Gasteiger partial charge in [0.15, 0.2) is 5.82 Å². The lowest BCUT2D eigenvalue weighted by molar-refractivity contribution is 0.0952. The predicted octanol–water partition coefficient (Wildman–Crippen LogP) is 3.98. The molecule has 0 radical (unpaired) electrons. The van der Waals surface area contributed by atoms with Gasteiger partial charge >= 0.3 is 0 Å². The first kappa shape index (κ1) is 22.7. The molecule has 3 aromatic heterocycles. The van der Waals surface area contributed by atoms with Crippen molar-refractivity contribution in [3.63, 3.8) is 0 Å². The number of nitrogens with one attached hydrogen (secondary N) is 2. The Hall–Kier alpha value is -3.50. The maximum absolute atomic E-state index is 12.8. The molecule has 0 fully saturated rings. The van der Waals surface area contributed by atoms with Crippen molar-refractivity contribution in [2.24, 2.45) is 0 Å². The molecule has 1 amide bonds. The highest BCUT2D eigenvalue weighted by molar-refractivity contribution is 7.93. The van der Waals surface area contributed by atoms with Crippen LogP contribution in [0.2, 0.25) is 0 Å². The summed E-state index contributed by atoms with van der Waals surface area (Å²) in [5, 5.41) is 8.77. The molecule has 0 bridgehead atoms. The van der Waals surface area contributed by atoms with Crippen molar-refractivity contribution >= 4 is 33.0 Å². The molecule has 0 saturated carbocycles. The number of benzene rings is 1. The van der Waals surface area contributed by atoms with Gasteiger partial charge in [-0.3, -0.25) is 9.52 Å². The van der Waals surface area contributed by atoms with E-state index in [1.807, 2.05) is 51.1 Å². The van der Waals surface area contributed by atoms with Crippen molar-refractivity contribution in [3.05, 3.63) is 87.5 Å². The number of aryl methyl sites for hydroxylation is 3. The number of sulfonamides is 1. The number of nitrogens with zero attached hydrogens (tertiary/aromatic N) is 3. The number of hydrogen-bond acceptors (Lipinski definition) is 6. The van der Waals surface area contributed by atoms with E-state index in [1.54, 1.807) is 28.4 Å². The van der Waals surface area contributed by atoms with Crippen LogP contribution in [0.15, 0.2) is 65.0 Å². The summed E-state index contributed by atoms with van der Waals surface area (Å²) in [6, 6.07) is 14.1. The fourth-order valence-electron chi connectivity index (χ4n) is 3.28. The zero-order valence-electron chi connectivity index (χ0n) is 18.4. The van der Waals surface area contributed by atoms with Crippen LogP contribution in [0.4, 0.5) is 5.69 Å². The van der Waals surface area contributed by atoms with Gasteiger partial charge in [-0.2, -0.15) is 5.10 Å². The molecule has 0 spiro atoms. The van der Waals surface area contributed by atoms with E-state index in [1.165, 1.54) is 6.07 Å². The molecule has 0 atom stereocenters. The number of pyridine rings is 1. The summed E-state index contributed by atoms with van der Waals surface area (Å²) in [7, 11) is -3.90. The molecule has 0 aliphatic heterocycles. The van der Waals surface area contributed by atoms with E-state index >= 15 is 0 Å². The van der Waals surface area contributed by atoms with Gasteiger partial charge in [0.1, 0.15) is 9.77 Å². The molecule has 0 aliphatic carbocycles. The van der Waals surface area contributed by atoms with Crippen LogP contribution in [0.3, 0.4) is 0 Å². The Morgan fingerprint density at radius 2 is 1.82 bits per heavy atom. The van der Waals surface area contributed by atoms with Crippen molar-refractivity contribution in [1.82, 2.24) is 20.1 Å². The highest BCUT2D eigenvalue weighted by Gasteiger charge is 2.24. The van der Waals surface area contributed by atoms with Gasteiger partial charge in [0.05, 0.1) is 5.69 Å². The highest BCUT2D eigenvalue weighted by atomic mass is 32.2. The summed E-state index contributed by atoms with van der Waals surface area (Å²) < 4.78 is 30.0. The minimum Gasteiger partial charge on any atom is -0.347 e. The van der Waals surface area contributed by atoms with Gasteiger partial charge in [-0.1, -0.05) is 23.8 Å². The van der Waals surface area contributed by atoms with Gasteiger partial charge in [-0.15, -0.1) is 11.3 Å².